The predicted molar refractivity (Wildman–Crippen MR) is 103 cm³/mol. The van der Waals surface area contributed by atoms with E-state index in [0.717, 1.165) is 23.4 Å². The van der Waals surface area contributed by atoms with Crippen molar-refractivity contribution in [3.63, 3.8) is 0 Å². The van der Waals surface area contributed by atoms with Gasteiger partial charge < -0.3 is 10.1 Å². The van der Waals surface area contributed by atoms with Crippen LogP contribution in [-0.2, 0) is 17.8 Å². The van der Waals surface area contributed by atoms with Crippen molar-refractivity contribution in [3.8, 4) is 5.75 Å². The minimum absolute atomic E-state index is 0.00214. The molecule has 2 rings (SSSR count). The van der Waals surface area contributed by atoms with Gasteiger partial charge in [-0.1, -0.05) is 31.2 Å². The van der Waals surface area contributed by atoms with Crippen molar-refractivity contribution >= 4 is 11.6 Å². The number of nitrogens with zero attached hydrogens (tertiary/aromatic N) is 1. The van der Waals surface area contributed by atoms with Crippen molar-refractivity contribution in [3.05, 3.63) is 59.7 Å². The highest BCUT2D eigenvalue weighted by atomic mass is 16.5. The molecular weight excluding hydrogens is 312 g/mol. The number of amides is 1. The Morgan fingerprint density at radius 3 is 2.20 bits per heavy atom. The van der Waals surface area contributed by atoms with E-state index in [0.29, 0.717) is 13.2 Å². The second kappa shape index (κ2) is 9.23. The SMILES string of the molecule is CCOc1ccc(CN(C)C(C)C(=O)Nc2ccc(CC)cc2)cc1. The van der Waals surface area contributed by atoms with Gasteiger partial charge in [0.15, 0.2) is 0 Å². The van der Waals surface area contributed by atoms with Crippen LogP contribution in [0.5, 0.6) is 5.75 Å². The molecular formula is C21H28N2O2. The van der Waals surface area contributed by atoms with E-state index in [-0.39, 0.29) is 11.9 Å². The van der Waals surface area contributed by atoms with Crippen molar-refractivity contribution in [1.82, 2.24) is 4.90 Å². The van der Waals surface area contributed by atoms with Crippen molar-refractivity contribution in [2.45, 2.75) is 39.8 Å². The Balaban J connectivity index is 1.91. The summed E-state index contributed by atoms with van der Waals surface area (Å²) in [5.41, 5.74) is 3.25. The molecule has 4 nitrogen and oxygen atoms in total. The Labute approximate surface area is 150 Å². The second-order valence-electron chi connectivity index (χ2n) is 6.21. The molecule has 2 aromatic carbocycles. The summed E-state index contributed by atoms with van der Waals surface area (Å²) in [6, 6.07) is 15.8. The number of rotatable bonds is 8. The molecule has 0 aliphatic rings. The number of nitrogens with one attached hydrogen (secondary N) is 1. The number of benzene rings is 2. The molecule has 1 unspecified atom stereocenters. The average molecular weight is 340 g/mol. The van der Waals surface area contributed by atoms with Gasteiger partial charge in [0.05, 0.1) is 12.6 Å². The van der Waals surface area contributed by atoms with Crippen molar-refractivity contribution in [2.24, 2.45) is 0 Å². The monoisotopic (exact) mass is 340 g/mol. The highest BCUT2D eigenvalue weighted by Crippen LogP contribution is 2.15. The van der Waals surface area contributed by atoms with Gasteiger partial charge in [-0.05, 0) is 62.7 Å². The molecule has 0 aromatic heterocycles. The Hall–Kier alpha value is -2.33. The van der Waals surface area contributed by atoms with E-state index in [1.54, 1.807) is 0 Å². The van der Waals surface area contributed by atoms with Crippen LogP contribution in [0.3, 0.4) is 0 Å². The summed E-state index contributed by atoms with van der Waals surface area (Å²) < 4.78 is 5.46. The molecule has 0 spiro atoms. The topological polar surface area (TPSA) is 41.6 Å². The third-order valence-corrected chi connectivity index (χ3v) is 4.34. The Bertz CT molecular complexity index is 665. The third kappa shape index (κ3) is 5.61. The fourth-order valence-electron chi connectivity index (χ4n) is 2.55. The largest absolute Gasteiger partial charge is 0.494 e. The van der Waals surface area contributed by atoms with Crippen molar-refractivity contribution in [2.75, 3.05) is 19.0 Å². The molecule has 1 amide bonds. The van der Waals surface area contributed by atoms with Gasteiger partial charge >= 0.3 is 0 Å². The van der Waals surface area contributed by atoms with E-state index in [4.69, 9.17) is 4.74 Å². The number of hydrogen-bond acceptors (Lipinski definition) is 3. The van der Waals surface area contributed by atoms with Gasteiger partial charge in [-0.25, -0.2) is 0 Å². The van der Waals surface area contributed by atoms with E-state index in [1.165, 1.54) is 5.56 Å². The van der Waals surface area contributed by atoms with Crippen LogP contribution in [0.1, 0.15) is 31.9 Å². The summed E-state index contributed by atoms with van der Waals surface area (Å²) >= 11 is 0. The first-order chi connectivity index (χ1) is 12.0. The first-order valence-electron chi connectivity index (χ1n) is 8.85. The lowest BCUT2D eigenvalue weighted by Gasteiger charge is -2.24. The van der Waals surface area contributed by atoms with Gasteiger partial charge in [0, 0.05) is 12.2 Å². The minimum atomic E-state index is -0.225. The first kappa shape index (κ1) is 19.0. The lowest BCUT2D eigenvalue weighted by molar-refractivity contribution is -0.120. The van der Waals surface area contributed by atoms with Gasteiger partial charge in [0.1, 0.15) is 5.75 Å². The number of carbonyl (C=O) groups is 1. The lowest BCUT2D eigenvalue weighted by Crippen LogP contribution is -2.39. The quantitative estimate of drug-likeness (QED) is 0.786. The molecule has 0 bridgehead atoms. The minimum Gasteiger partial charge on any atom is -0.494 e. The van der Waals surface area contributed by atoms with Crippen LogP contribution in [0.4, 0.5) is 5.69 Å². The van der Waals surface area contributed by atoms with Crippen molar-refractivity contribution < 1.29 is 9.53 Å². The summed E-state index contributed by atoms with van der Waals surface area (Å²) in [4.78, 5) is 14.5. The molecule has 0 aliphatic carbocycles. The van der Waals surface area contributed by atoms with Crippen LogP contribution in [0.2, 0.25) is 0 Å². The molecule has 0 fully saturated rings. The summed E-state index contributed by atoms with van der Waals surface area (Å²) in [5, 5.41) is 2.98. The summed E-state index contributed by atoms with van der Waals surface area (Å²) in [7, 11) is 1.96. The Morgan fingerprint density at radius 2 is 1.64 bits per heavy atom. The number of ether oxygens (including phenoxy) is 1. The zero-order valence-corrected chi connectivity index (χ0v) is 15.6. The summed E-state index contributed by atoms with van der Waals surface area (Å²) in [6.07, 6.45) is 0.995. The van der Waals surface area contributed by atoms with Gasteiger partial charge in [0.25, 0.3) is 0 Å². The molecule has 25 heavy (non-hydrogen) atoms. The van der Waals surface area contributed by atoms with E-state index in [2.05, 4.69) is 12.2 Å². The molecule has 2 aromatic rings. The maximum atomic E-state index is 12.5. The maximum Gasteiger partial charge on any atom is 0.241 e. The zero-order chi connectivity index (χ0) is 18.2. The van der Waals surface area contributed by atoms with Crippen LogP contribution < -0.4 is 10.1 Å². The second-order valence-corrected chi connectivity index (χ2v) is 6.21. The molecule has 1 N–H and O–H groups in total. The molecule has 1 atom stereocenters. The predicted octanol–water partition coefficient (Wildman–Crippen LogP) is 4.11. The first-order valence-corrected chi connectivity index (χ1v) is 8.85. The molecule has 0 saturated heterocycles. The summed E-state index contributed by atoms with van der Waals surface area (Å²) in [6.45, 7) is 7.37. The molecule has 0 aliphatic heterocycles. The average Bonchev–Trinajstić information content (AvgIpc) is 2.63. The van der Waals surface area contributed by atoms with Crippen LogP contribution in [-0.4, -0.2) is 30.5 Å². The van der Waals surface area contributed by atoms with Gasteiger partial charge in [-0.3, -0.25) is 9.69 Å². The summed E-state index contributed by atoms with van der Waals surface area (Å²) in [5.74, 6) is 0.868. The highest BCUT2D eigenvalue weighted by molar-refractivity contribution is 5.94. The van der Waals surface area contributed by atoms with Crippen LogP contribution >= 0.6 is 0 Å². The molecule has 0 saturated carbocycles. The Morgan fingerprint density at radius 1 is 1.04 bits per heavy atom. The lowest BCUT2D eigenvalue weighted by atomic mass is 10.1. The van der Waals surface area contributed by atoms with Gasteiger partial charge in [-0.2, -0.15) is 0 Å². The Kier molecular flexibility index (Phi) is 7.02. The fraction of sp³-hybridized carbons (Fsp3) is 0.381. The maximum absolute atomic E-state index is 12.5. The highest BCUT2D eigenvalue weighted by Gasteiger charge is 2.18. The standard InChI is InChI=1S/C21H28N2O2/c1-5-17-7-11-19(12-8-17)22-21(24)16(3)23(4)15-18-9-13-20(14-10-18)25-6-2/h7-14,16H,5-6,15H2,1-4H3,(H,22,24). The smallest absolute Gasteiger partial charge is 0.241 e. The molecule has 4 heteroatoms. The van der Waals surface area contributed by atoms with Crippen LogP contribution in [0.15, 0.2) is 48.5 Å². The van der Waals surface area contributed by atoms with E-state index in [9.17, 15) is 4.79 Å². The molecule has 0 heterocycles. The zero-order valence-electron chi connectivity index (χ0n) is 15.6. The van der Waals surface area contributed by atoms with E-state index >= 15 is 0 Å². The van der Waals surface area contributed by atoms with Crippen LogP contribution in [0.25, 0.3) is 0 Å². The molecule has 134 valence electrons. The number of anilines is 1. The number of carbonyl (C=O) groups excluding carboxylic acids is 1. The number of hydrogen-bond donors (Lipinski definition) is 1. The third-order valence-electron chi connectivity index (χ3n) is 4.34. The van der Waals surface area contributed by atoms with Crippen molar-refractivity contribution in [1.29, 1.82) is 0 Å². The number of likely N-dealkylation sites (N-methyl/N-ethyl adjacent to an activating group) is 1. The van der Waals surface area contributed by atoms with Gasteiger partial charge in [0.2, 0.25) is 5.91 Å². The van der Waals surface area contributed by atoms with Gasteiger partial charge in [-0.15, -0.1) is 0 Å². The number of aryl methyl sites for hydroxylation is 1. The molecule has 0 radical (unpaired) electrons. The van der Waals surface area contributed by atoms with E-state index in [1.807, 2.05) is 74.3 Å². The fourth-order valence-corrected chi connectivity index (χ4v) is 2.55. The normalized spacial score (nSPS) is 12.0. The van der Waals surface area contributed by atoms with E-state index < -0.39 is 0 Å². The van der Waals surface area contributed by atoms with Crippen LogP contribution in [0, 0.1) is 0 Å².